The van der Waals surface area contributed by atoms with Crippen molar-refractivity contribution in [3.05, 3.63) is 93.4 Å². The number of rotatable bonds is 6. The van der Waals surface area contributed by atoms with Crippen LogP contribution in [0.5, 0.6) is 5.88 Å². The zero-order valence-electron chi connectivity index (χ0n) is 18.1. The van der Waals surface area contributed by atoms with Crippen LogP contribution in [-0.2, 0) is 4.79 Å². The lowest BCUT2D eigenvalue weighted by Crippen LogP contribution is -2.43. The lowest BCUT2D eigenvalue weighted by atomic mass is 10.0. The van der Waals surface area contributed by atoms with E-state index in [0.29, 0.717) is 16.1 Å². The molecule has 0 radical (unpaired) electrons. The number of carbonyl (C=O) groups excluding carboxylic acids is 2. The van der Waals surface area contributed by atoms with Gasteiger partial charge in [0.15, 0.2) is 6.61 Å². The van der Waals surface area contributed by atoms with E-state index < -0.39 is 11.8 Å². The molecule has 0 saturated carbocycles. The van der Waals surface area contributed by atoms with Crippen LogP contribution >= 0.6 is 27.5 Å². The summed E-state index contributed by atoms with van der Waals surface area (Å²) in [5.41, 5.74) is 9.44. The fourth-order valence-corrected chi connectivity index (χ4v) is 3.60. The maximum Gasteiger partial charge on any atom is 0.276 e. The van der Waals surface area contributed by atoms with Crippen LogP contribution in [0, 0.1) is 6.92 Å². The van der Waals surface area contributed by atoms with Crippen LogP contribution in [0.15, 0.2) is 77.3 Å². The predicted octanol–water partition coefficient (Wildman–Crippen LogP) is 5.31. The van der Waals surface area contributed by atoms with Gasteiger partial charge in [0, 0.05) is 20.6 Å². The Labute approximate surface area is 209 Å². The van der Waals surface area contributed by atoms with Gasteiger partial charge in [0.2, 0.25) is 5.88 Å². The first-order valence-corrected chi connectivity index (χ1v) is 11.5. The molecule has 4 aromatic rings. The molecule has 3 N–H and O–H groups in total. The summed E-state index contributed by atoms with van der Waals surface area (Å²) in [6.07, 6.45) is 0. The summed E-state index contributed by atoms with van der Waals surface area (Å²) in [4.78, 5) is 24.5. The number of carbonyl (C=O) groups is 2. The van der Waals surface area contributed by atoms with E-state index in [1.807, 2.05) is 43.3 Å². The molecule has 1 heterocycles. The van der Waals surface area contributed by atoms with E-state index in [9.17, 15) is 9.59 Å². The molecule has 9 heteroatoms. The Morgan fingerprint density at radius 1 is 0.941 bits per heavy atom. The molecule has 0 aliphatic heterocycles. The smallest absolute Gasteiger partial charge is 0.276 e. The minimum Gasteiger partial charge on any atom is -0.466 e. The van der Waals surface area contributed by atoms with E-state index in [2.05, 4.69) is 37.0 Å². The lowest BCUT2D eigenvalue weighted by molar-refractivity contribution is -0.123. The predicted molar refractivity (Wildman–Crippen MR) is 134 cm³/mol. The minimum atomic E-state index is -0.531. The molecule has 7 nitrogen and oxygen atoms in total. The van der Waals surface area contributed by atoms with Crippen LogP contribution in [0.3, 0.4) is 0 Å². The number of nitrogens with zero attached hydrogens (tertiary/aromatic N) is 1. The topological polar surface area (TPSA) is 96.1 Å². The third-order valence-electron chi connectivity index (χ3n) is 4.97. The van der Waals surface area contributed by atoms with Crippen molar-refractivity contribution < 1.29 is 14.3 Å². The quantitative estimate of drug-likeness (QED) is 0.289. The summed E-state index contributed by atoms with van der Waals surface area (Å²) in [6, 6.07) is 22.0. The van der Waals surface area contributed by atoms with E-state index in [0.717, 1.165) is 26.9 Å². The van der Waals surface area contributed by atoms with Gasteiger partial charge in [-0.15, -0.1) is 5.10 Å². The van der Waals surface area contributed by atoms with Crippen LogP contribution in [0.4, 0.5) is 0 Å². The maximum atomic E-state index is 12.3. The molecule has 0 spiro atoms. The molecule has 172 valence electrons. The van der Waals surface area contributed by atoms with Crippen LogP contribution in [0.2, 0.25) is 5.02 Å². The van der Waals surface area contributed by atoms with Gasteiger partial charge in [0.1, 0.15) is 0 Å². The number of aromatic amines is 1. The first-order valence-electron chi connectivity index (χ1n) is 10.3. The number of H-pyrrole nitrogens is 1. The van der Waals surface area contributed by atoms with Gasteiger partial charge in [0.05, 0.1) is 11.3 Å². The monoisotopic (exact) mass is 538 g/mol. The molecule has 0 atom stereocenters. The molecular weight excluding hydrogens is 520 g/mol. The van der Waals surface area contributed by atoms with Gasteiger partial charge < -0.3 is 4.74 Å². The Morgan fingerprint density at radius 3 is 2.26 bits per heavy atom. The average molecular weight is 540 g/mol. The average Bonchev–Trinajstić information content (AvgIpc) is 3.26. The summed E-state index contributed by atoms with van der Waals surface area (Å²) < 4.78 is 6.58. The highest BCUT2D eigenvalue weighted by molar-refractivity contribution is 9.10. The molecule has 0 fully saturated rings. The maximum absolute atomic E-state index is 12.3. The zero-order chi connectivity index (χ0) is 24.1. The molecule has 0 saturated heterocycles. The molecule has 0 bridgehead atoms. The van der Waals surface area contributed by atoms with Gasteiger partial charge in [-0.05, 0) is 48.9 Å². The number of hydrogen-bond acceptors (Lipinski definition) is 4. The van der Waals surface area contributed by atoms with E-state index in [4.69, 9.17) is 16.3 Å². The summed E-state index contributed by atoms with van der Waals surface area (Å²) >= 11 is 9.35. The third kappa shape index (κ3) is 5.65. The number of benzene rings is 3. The van der Waals surface area contributed by atoms with E-state index in [1.165, 1.54) is 0 Å². The lowest BCUT2D eigenvalue weighted by Gasteiger charge is -2.10. The Hall–Kier alpha value is -3.62. The molecule has 3 aromatic carbocycles. The highest BCUT2D eigenvalue weighted by Crippen LogP contribution is 2.37. The largest absolute Gasteiger partial charge is 0.466 e. The van der Waals surface area contributed by atoms with Crippen molar-refractivity contribution in [2.75, 3.05) is 6.61 Å². The van der Waals surface area contributed by atoms with Gasteiger partial charge >= 0.3 is 0 Å². The second-order valence-corrected chi connectivity index (χ2v) is 8.80. The molecule has 34 heavy (non-hydrogen) atoms. The van der Waals surface area contributed by atoms with E-state index in [-0.39, 0.29) is 12.5 Å². The highest BCUT2D eigenvalue weighted by Gasteiger charge is 2.19. The normalized spacial score (nSPS) is 10.6. The summed E-state index contributed by atoms with van der Waals surface area (Å²) in [5.74, 6) is -0.703. The van der Waals surface area contributed by atoms with E-state index in [1.54, 1.807) is 36.4 Å². The molecule has 0 unspecified atom stereocenters. The third-order valence-corrected chi connectivity index (χ3v) is 5.75. The number of ether oxygens (including phenoxy) is 1. The summed E-state index contributed by atoms with van der Waals surface area (Å²) in [7, 11) is 0. The molecular formula is C25H20BrClN4O3. The number of aryl methyl sites for hydroxylation is 1. The number of aromatic nitrogens is 2. The van der Waals surface area contributed by atoms with Crippen molar-refractivity contribution in [1.82, 2.24) is 21.0 Å². The van der Waals surface area contributed by atoms with Gasteiger partial charge in [0.25, 0.3) is 11.8 Å². The molecule has 2 amide bonds. The molecule has 0 aliphatic rings. The van der Waals surface area contributed by atoms with Gasteiger partial charge in [-0.3, -0.25) is 25.5 Å². The SMILES string of the molecule is Cc1ccc(-c2c(OCC(=O)NNC(=O)c3ccc(Br)cc3)n[nH]c2-c2ccc(Cl)cc2)cc1. The van der Waals surface area contributed by atoms with Crippen molar-refractivity contribution in [2.24, 2.45) is 0 Å². The Balaban J connectivity index is 1.48. The van der Waals surface area contributed by atoms with Crippen molar-refractivity contribution >= 4 is 39.3 Å². The molecule has 1 aromatic heterocycles. The molecule has 4 rings (SSSR count). The minimum absolute atomic E-state index is 0.267. The fourth-order valence-electron chi connectivity index (χ4n) is 3.21. The Morgan fingerprint density at radius 2 is 1.59 bits per heavy atom. The summed E-state index contributed by atoms with van der Waals surface area (Å²) in [6.45, 7) is 1.66. The van der Waals surface area contributed by atoms with Crippen molar-refractivity contribution in [2.45, 2.75) is 6.92 Å². The number of hydrazine groups is 1. The standard InChI is InChI=1S/C25H20BrClN4O3/c1-15-2-4-16(5-3-15)22-23(17-8-12-20(27)13-9-17)29-31-25(22)34-14-21(32)28-30-24(33)18-6-10-19(26)11-7-18/h2-13H,14H2,1H3,(H,28,32)(H,29,31)(H,30,33). The molecule has 0 aliphatic carbocycles. The van der Waals surface area contributed by atoms with Crippen LogP contribution < -0.4 is 15.6 Å². The summed E-state index contributed by atoms with van der Waals surface area (Å²) in [5, 5.41) is 7.91. The number of halogens is 2. The number of hydrogen-bond donors (Lipinski definition) is 3. The van der Waals surface area contributed by atoms with Crippen LogP contribution in [-0.4, -0.2) is 28.6 Å². The second kappa shape index (κ2) is 10.5. The second-order valence-electron chi connectivity index (χ2n) is 7.45. The van der Waals surface area contributed by atoms with Gasteiger partial charge in [-0.1, -0.05) is 69.5 Å². The Bertz CT molecular complexity index is 1300. The first-order chi connectivity index (χ1) is 16.4. The van der Waals surface area contributed by atoms with Crippen LogP contribution in [0.25, 0.3) is 22.4 Å². The first kappa shape index (κ1) is 23.5. The van der Waals surface area contributed by atoms with Crippen molar-refractivity contribution in [3.8, 4) is 28.3 Å². The van der Waals surface area contributed by atoms with E-state index >= 15 is 0 Å². The Kier molecular flexibility index (Phi) is 7.30. The zero-order valence-corrected chi connectivity index (χ0v) is 20.4. The number of amides is 2. The number of nitrogens with one attached hydrogen (secondary N) is 3. The van der Waals surface area contributed by atoms with Gasteiger partial charge in [-0.25, -0.2) is 0 Å². The van der Waals surface area contributed by atoms with Gasteiger partial charge in [-0.2, -0.15) is 0 Å². The fraction of sp³-hybridized carbons (Fsp3) is 0.0800. The van der Waals surface area contributed by atoms with Crippen LogP contribution in [0.1, 0.15) is 15.9 Å². The van der Waals surface area contributed by atoms with Crippen molar-refractivity contribution in [3.63, 3.8) is 0 Å². The van der Waals surface area contributed by atoms with Crippen molar-refractivity contribution in [1.29, 1.82) is 0 Å². The highest BCUT2D eigenvalue weighted by atomic mass is 79.9.